The molecule has 0 aromatic heterocycles. The summed E-state index contributed by atoms with van der Waals surface area (Å²) in [5.41, 5.74) is 3.84. The number of nitrogens with one attached hydrogen (secondary N) is 2. The Morgan fingerprint density at radius 1 is 1.08 bits per heavy atom. The molecule has 0 saturated heterocycles. The third-order valence-electron chi connectivity index (χ3n) is 3.02. The van der Waals surface area contributed by atoms with E-state index >= 15 is 0 Å². The largest absolute Gasteiger partial charge is 0.326 e. The van der Waals surface area contributed by atoms with Crippen LogP contribution >= 0.6 is 39.1 Å². The summed E-state index contributed by atoms with van der Waals surface area (Å²) in [5.74, 6) is -0.647. The summed E-state index contributed by atoms with van der Waals surface area (Å²) in [6.45, 7) is 1.65. The highest BCUT2D eigenvalue weighted by Gasteiger charge is 2.08. The first-order valence-corrected chi connectivity index (χ1v) is 8.73. The van der Waals surface area contributed by atoms with Gasteiger partial charge in [0.15, 0.2) is 0 Å². The number of hydrazone groups is 1. The second-order valence-corrected chi connectivity index (χ2v) is 6.97. The van der Waals surface area contributed by atoms with Gasteiger partial charge < -0.3 is 5.32 Å². The van der Waals surface area contributed by atoms with Gasteiger partial charge in [0.05, 0.1) is 6.42 Å². The maximum Gasteiger partial charge on any atom is 0.271 e. The number of halogens is 3. The molecule has 5 nitrogen and oxygen atoms in total. The number of rotatable bonds is 5. The highest BCUT2D eigenvalue weighted by atomic mass is 79.9. The van der Waals surface area contributed by atoms with Crippen LogP contribution in [-0.4, -0.2) is 17.5 Å². The van der Waals surface area contributed by atoms with E-state index in [1.807, 2.05) is 0 Å². The van der Waals surface area contributed by atoms with Crippen molar-refractivity contribution in [3.8, 4) is 0 Å². The molecular weight excluding hydrogens is 429 g/mol. The molecule has 0 atom stereocenters. The van der Waals surface area contributed by atoms with Crippen molar-refractivity contribution in [2.75, 3.05) is 5.32 Å². The number of benzene rings is 2. The fourth-order valence-electron chi connectivity index (χ4n) is 1.92. The van der Waals surface area contributed by atoms with Gasteiger partial charge in [-0.25, -0.2) is 5.43 Å². The Bertz CT molecular complexity index is 803. The van der Waals surface area contributed by atoms with Gasteiger partial charge in [-0.15, -0.1) is 0 Å². The second-order valence-electron chi connectivity index (χ2n) is 5.18. The van der Waals surface area contributed by atoms with Crippen molar-refractivity contribution < 1.29 is 9.59 Å². The Hall–Kier alpha value is -1.89. The van der Waals surface area contributed by atoms with Crippen molar-refractivity contribution in [3.63, 3.8) is 0 Å². The fraction of sp³-hybridized carbons (Fsp3) is 0.118. The van der Waals surface area contributed by atoms with Gasteiger partial charge in [0.1, 0.15) is 0 Å². The minimum atomic E-state index is -0.353. The molecule has 2 aromatic rings. The van der Waals surface area contributed by atoms with Crippen molar-refractivity contribution in [2.45, 2.75) is 13.3 Å². The van der Waals surface area contributed by atoms with E-state index in [-0.39, 0.29) is 18.2 Å². The minimum absolute atomic E-state index is 0.0186. The summed E-state index contributed by atoms with van der Waals surface area (Å²) < 4.78 is 0.876. The zero-order valence-electron chi connectivity index (χ0n) is 13.1. The molecule has 0 bridgehead atoms. The normalized spacial score (nSPS) is 11.1. The maximum absolute atomic E-state index is 12.0. The summed E-state index contributed by atoms with van der Waals surface area (Å²) in [6.07, 6.45) is 0.0186. The van der Waals surface area contributed by atoms with Gasteiger partial charge in [0.25, 0.3) is 5.91 Å². The number of carbonyl (C=O) groups is 2. The SMILES string of the molecule is CC(CC(=O)Nc1cc(Cl)cc(Cl)c1)=NNC(=O)c1ccc(Br)cc1. The van der Waals surface area contributed by atoms with Crippen LogP contribution in [-0.2, 0) is 4.79 Å². The van der Waals surface area contributed by atoms with E-state index in [4.69, 9.17) is 23.2 Å². The van der Waals surface area contributed by atoms with Gasteiger partial charge in [-0.05, 0) is 49.4 Å². The molecule has 130 valence electrons. The van der Waals surface area contributed by atoms with Crippen molar-refractivity contribution in [3.05, 3.63) is 62.5 Å². The Labute approximate surface area is 163 Å². The zero-order valence-corrected chi connectivity index (χ0v) is 16.2. The van der Waals surface area contributed by atoms with E-state index < -0.39 is 0 Å². The summed E-state index contributed by atoms with van der Waals surface area (Å²) in [6, 6.07) is 11.6. The standard InChI is InChI=1S/C17H14BrCl2N3O2/c1-10(22-23-17(25)11-2-4-12(18)5-3-11)6-16(24)21-15-8-13(19)7-14(20)9-15/h2-5,7-9H,6H2,1H3,(H,21,24)(H,23,25). The van der Waals surface area contributed by atoms with Crippen molar-refractivity contribution in [1.29, 1.82) is 0 Å². The topological polar surface area (TPSA) is 70.6 Å². The van der Waals surface area contributed by atoms with E-state index in [1.165, 1.54) is 0 Å². The smallest absolute Gasteiger partial charge is 0.271 e. The second kappa shape index (κ2) is 8.99. The summed E-state index contributed by atoms with van der Waals surface area (Å²) in [7, 11) is 0. The van der Waals surface area contributed by atoms with Crippen LogP contribution in [0.3, 0.4) is 0 Å². The van der Waals surface area contributed by atoms with Crippen LogP contribution in [0.1, 0.15) is 23.7 Å². The van der Waals surface area contributed by atoms with Crippen LogP contribution in [0.5, 0.6) is 0 Å². The van der Waals surface area contributed by atoms with E-state index in [0.717, 1.165) is 4.47 Å². The van der Waals surface area contributed by atoms with E-state index in [2.05, 4.69) is 31.8 Å². The first-order chi connectivity index (χ1) is 11.8. The van der Waals surface area contributed by atoms with Crippen LogP contribution in [0.2, 0.25) is 10.0 Å². The quantitative estimate of drug-likeness (QED) is 0.511. The molecular formula is C17H14BrCl2N3O2. The third-order valence-corrected chi connectivity index (χ3v) is 3.98. The molecule has 0 heterocycles. The predicted molar refractivity (Wildman–Crippen MR) is 104 cm³/mol. The lowest BCUT2D eigenvalue weighted by Gasteiger charge is -2.07. The highest BCUT2D eigenvalue weighted by Crippen LogP contribution is 2.22. The minimum Gasteiger partial charge on any atom is -0.326 e. The molecule has 8 heteroatoms. The molecule has 0 fully saturated rings. The average molecular weight is 443 g/mol. The van der Waals surface area contributed by atoms with Crippen LogP contribution < -0.4 is 10.7 Å². The molecule has 0 aliphatic rings. The molecule has 0 unspecified atom stereocenters. The lowest BCUT2D eigenvalue weighted by molar-refractivity contribution is -0.115. The van der Waals surface area contributed by atoms with Crippen molar-refractivity contribution in [1.82, 2.24) is 5.43 Å². The first kappa shape index (κ1) is 19.4. The van der Waals surface area contributed by atoms with Gasteiger partial charge in [0, 0.05) is 31.5 Å². The average Bonchev–Trinajstić information content (AvgIpc) is 2.52. The molecule has 0 aliphatic carbocycles. The van der Waals surface area contributed by atoms with Crippen LogP contribution in [0, 0.1) is 0 Å². The summed E-state index contributed by atoms with van der Waals surface area (Å²) in [4.78, 5) is 24.0. The van der Waals surface area contributed by atoms with Crippen LogP contribution in [0.4, 0.5) is 5.69 Å². The Morgan fingerprint density at radius 2 is 1.68 bits per heavy atom. The number of anilines is 1. The molecule has 2 amide bonds. The fourth-order valence-corrected chi connectivity index (χ4v) is 2.71. The summed E-state index contributed by atoms with van der Waals surface area (Å²) >= 11 is 15.1. The molecule has 2 aromatic carbocycles. The molecule has 0 spiro atoms. The number of carbonyl (C=O) groups excluding carboxylic acids is 2. The third kappa shape index (κ3) is 6.49. The van der Waals surface area contributed by atoms with Crippen LogP contribution in [0.15, 0.2) is 52.0 Å². The first-order valence-electron chi connectivity index (χ1n) is 7.18. The molecule has 0 radical (unpaired) electrons. The van der Waals surface area contributed by atoms with Crippen LogP contribution in [0.25, 0.3) is 0 Å². The summed E-state index contributed by atoms with van der Waals surface area (Å²) in [5, 5.41) is 7.46. The Kier molecular flexibility index (Phi) is 6.99. The monoisotopic (exact) mass is 441 g/mol. The molecule has 0 saturated carbocycles. The maximum atomic E-state index is 12.0. The molecule has 2 rings (SSSR count). The zero-order chi connectivity index (χ0) is 18.4. The van der Waals surface area contributed by atoms with Gasteiger partial charge in [0.2, 0.25) is 5.91 Å². The lowest BCUT2D eigenvalue weighted by atomic mass is 10.2. The van der Waals surface area contributed by atoms with Gasteiger partial charge in [-0.3, -0.25) is 9.59 Å². The van der Waals surface area contributed by atoms with Gasteiger partial charge in [-0.1, -0.05) is 39.1 Å². The highest BCUT2D eigenvalue weighted by molar-refractivity contribution is 9.10. The van der Waals surface area contributed by atoms with E-state index in [1.54, 1.807) is 49.4 Å². The predicted octanol–water partition coefficient (Wildman–Crippen LogP) is 4.89. The Balaban J connectivity index is 1.90. The molecule has 2 N–H and O–H groups in total. The van der Waals surface area contributed by atoms with Crippen molar-refractivity contribution >= 4 is 62.3 Å². The number of nitrogens with zero attached hydrogens (tertiary/aromatic N) is 1. The number of hydrogen-bond acceptors (Lipinski definition) is 3. The molecule has 0 aliphatic heterocycles. The number of hydrogen-bond donors (Lipinski definition) is 2. The molecule has 25 heavy (non-hydrogen) atoms. The Morgan fingerprint density at radius 3 is 2.28 bits per heavy atom. The van der Waals surface area contributed by atoms with Gasteiger partial charge in [-0.2, -0.15) is 5.10 Å². The number of amides is 2. The van der Waals surface area contributed by atoms with Gasteiger partial charge >= 0.3 is 0 Å². The van der Waals surface area contributed by atoms with E-state index in [9.17, 15) is 9.59 Å². The van der Waals surface area contributed by atoms with Crippen molar-refractivity contribution in [2.24, 2.45) is 5.10 Å². The lowest BCUT2D eigenvalue weighted by Crippen LogP contribution is -2.21. The van der Waals surface area contributed by atoms with E-state index in [0.29, 0.717) is 27.0 Å².